The molecule has 2 atom stereocenters. The van der Waals surface area contributed by atoms with Gasteiger partial charge in [0, 0.05) is 37.8 Å². The van der Waals surface area contributed by atoms with Gasteiger partial charge in [-0.1, -0.05) is 6.42 Å². The summed E-state index contributed by atoms with van der Waals surface area (Å²) in [5, 5.41) is 8.42. The van der Waals surface area contributed by atoms with Gasteiger partial charge >= 0.3 is 0 Å². The third-order valence-corrected chi connectivity index (χ3v) is 5.72. The zero-order chi connectivity index (χ0) is 14.4. The van der Waals surface area contributed by atoms with E-state index < -0.39 is 0 Å². The first-order chi connectivity index (χ1) is 10.2. The lowest BCUT2D eigenvalue weighted by molar-refractivity contribution is 0.357. The van der Waals surface area contributed by atoms with Crippen LogP contribution in [0, 0.1) is 12.8 Å². The fraction of sp³-hybridized carbons (Fsp3) is 0.824. The zero-order valence-corrected chi connectivity index (χ0v) is 13.4. The molecule has 116 valence electrons. The van der Waals surface area contributed by atoms with Gasteiger partial charge in [0.15, 0.2) is 0 Å². The van der Waals surface area contributed by atoms with Crippen LogP contribution in [0.25, 0.3) is 0 Å². The van der Waals surface area contributed by atoms with E-state index in [2.05, 4.69) is 28.9 Å². The molecule has 4 heteroatoms. The SMILES string of the molecule is Cc1nn(C)c(N2CCCC3CCCC32)c1CNC1CC1. The van der Waals surface area contributed by atoms with Crippen LogP contribution in [-0.2, 0) is 13.6 Å². The standard InChI is InChI=1S/C17H28N4/c1-12-15(11-18-14-8-9-14)17(20(2)19-12)21-10-4-6-13-5-3-7-16(13)21/h13-14,16,18H,3-11H2,1-2H3. The Hall–Kier alpha value is -1.03. The molecule has 1 aromatic heterocycles. The molecular formula is C17H28N4. The molecular weight excluding hydrogens is 260 g/mol. The summed E-state index contributed by atoms with van der Waals surface area (Å²) < 4.78 is 2.14. The van der Waals surface area contributed by atoms with Gasteiger partial charge in [-0.25, -0.2) is 0 Å². The maximum atomic E-state index is 4.73. The van der Waals surface area contributed by atoms with Crippen molar-refractivity contribution >= 4 is 5.82 Å². The third kappa shape index (κ3) is 2.48. The van der Waals surface area contributed by atoms with Crippen LogP contribution < -0.4 is 10.2 Å². The average Bonchev–Trinajstić information content (AvgIpc) is 3.08. The Balaban J connectivity index is 1.62. The first-order valence-corrected chi connectivity index (χ1v) is 8.76. The Bertz CT molecular complexity index is 517. The second-order valence-electron chi connectivity index (χ2n) is 7.26. The topological polar surface area (TPSA) is 33.1 Å². The number of anilines is 1. The molecule has 2 heterocycles. The number of aryl methyl sites for hydroxylation is 2. The molecule has 2 unspecified atom stereocenters. The van der Waals surface area contributed by atoms with Gasteiger partial charge in [0.1, 0.15) is 5.82 Å². The van der Waals surface area contributed by atoms with Gasteiger partial charge in [-0.15, -0.1) is 0 Å². The van der Waals surface area contributed by atoms with Crippen molar-refractivity contribution < 1.29 is 0 Å². The van der Waals surface area contributed by atoms with Crippen LogP contribution in [0.4, 0.5) is 5.82 Å². The van der Waals surface area contributed by atoms with Gasteiger partial charge in [-0.3, -0.25) is 4.68 Å². The second kappa shape index (κ2) is 5.31. The average molecular weight is 288 g/mol. The maximum absolute atomic E-state index is 4.73. The normalized spacial score (nSPS) is 29.0. The summed E-state index contributed by atoms with van der Waals surface area (Å²) >= 11 is 0. The Morgan fingerprint density at radius 2 is 1.95 bits per heavy atom. The smallest absolute Gasteiger partial charge is 0.131 e. The summed E-state index contributed by atoms with van der Waals surface area (Å²) in [4.78, 5) is 2.70. The van der Waals surface area contributed by atoms with E-state index in [0.717, 1.165) is 24.5 Å². The van der Waals surface area contributed by atoms with Gasteiger partial charge in [0.2, 0.25) is 0 Å². The minimum absolute atomic E-state index is 0.762. The number of rotatable bonds is 4. The van der Waals surface area contributed by atoms with E-state index in [0.29, 0.717) is 0 Å². The van der Waals surface area contributed by atoms with Crippen molar-refractivity contribution in [2.24, 2.45) is 13.0 Å². The molecule has 4 nitrogen and oxygen atoms in total. The summed E-state index contributed by atoms with van der Waals surface area (Å²) in [5.41, 5.74) is 2.65. The summed E-state index contributed by atoms with van der Waals surface area (Å²) in [6.07, 6.45) is 9.72. The van der Waals surface area contributed by atoms with Crippen molar-refractivity contribution in [2.45, 2.75) is 70.5 Å². The molecule has 0 radical (unpaired) electrons. The number of piperidine rings is 1. The first-order valence-electron chi connectivity index (χ1n) is 8.76. The van der Waals surface area contributed by atoms with E-state index in [9.17, 15) is 0 Å². The Kier molecular flexibility index (Phi) is 3.44. The van der Waals surface area contributed by atoms with E-state index >= 15 is 0 Å². The molecule has 1 aliphatic heterocycles. The predicted octanol–water partition coefficient (Wildman–Crippen LogP) is 2.75. The highest BCUT2D eigenvalue weighted by Crippen LogP contribution is 2.40. The van der Waals surface area contributed by atoms with Crippen LogP contribution in [0.1, 0.15) is 56.2 Å². The molecule has 0 aromatic carbocycles. The number of nitrogens with zero attached hydrogens (tertiary/aromatic N) is 3. The highest BCUT2D eigenvalue weighted by atomic mass is 15.4. The molecule has 0 spiro atoms. The lowest BCUT2D eigenvalue weighted by atomic mass is 9.91. The fourth-order valence-corrected chi connectivity index (χ4v) is 4.51. The summed E-state index contributed by atoms with van der Waals surface area (Å²) in [5.74, 6) is 2.33. The molecule has 2 aliphatic carbocycles. The van der Waals surface area contributed by atoms with E-state index in [1.165, 1.54) is 68.6 Å². The van der Waals surface area contributed by atoms with Crippen LogP contribution >= 0.6 is 0 Å². The van der Waals surface area contributed by atoms with E-state index in [1.54, 1.807) is 0 Å². The largest absolute Gasteiger partial charge is 0.353 e. The minimum Gasteiger partial charge on any atom is -0.353 e. The van der Waals surface area contributed by atoms with E-state index in [-0.39, 0.29) is 0 Å². The van der Waals surface area contributed by atoms with Gasteiger partial charge in [0.25, 0.3) is 0 Å². The molecule has 3 aliphatic rings. The summed E-state index contributed by atoms with van der Waals surface area (Å²) in [7, 11) is 2.13. The van der Waals surface area contributed by atoms with Crippen molar-refractivity contribution in [3.63, 3.8) is 0 Å². The highest BCUT2D eigenvalue weighted by molar-refractivity contribution is 5.52. The molecule has 1 saturated heterocycles. The van der Waals surface area contributed by atoms with Gasteiger partial charge in [-0.2, -0.15) is 5.10 Å². The monoisotopic (exact) mass is 288 g/mol. The van der Waals surface area contributed by atoms with Crippen LogP contribution in [0.3, 0.4) is 0 Å². The van der Waals surface area contributed by atoms with Crippen LogP contribution in [-0.4, -0.2) is 28.4 Å². The fourth-order valence-electron chi connectivity index (χ4n) is 4.51. The number of hydrogen-bond donors (Lipinski definition) is 1. The molecule has 21 heavy (non-hydrogen) atoms. The van der Waals surface area contributed by atoms with E-state index in [4.69, 9.17) is 5.10 Å². The van der Waals surface area contributed by atoms with Gasteiger partial charge < -0.3 is 10.2 Å². The van der Waals surface area contributed by atoms with Crippen LogP contribution in [0.15, 0.2) is 0 Å². The Labute approximate surface area is 127 Å². The number of fused-ring (bicyclic) bond motifs is 1. The molecule has 1 N–H and O–H groups in total. The van der Waals surface area contributed by atoms with Crippen molar-refractivity contribution in [1.82, 2.24) is 15.1 Å². The van der Waals surface area contributed by atoms with Crippen molar-refractivity contribution in [2.75, 3.05) is 11.4 Å². The number of aromatic nitrogens is 2. The molecule has 0 amide bonds. The Morgan fingerprint density at radius 1 is 1.14 bits per heavy atom. The highest BCUT2D eigenvalue weighted by Gasteiger charge is 2.37. The third-order valence-electron chi connectivity index (χ3n) is 5.72. The van der Waals surface area contributed by atoms with Crippen molar-refractivity contribution in [1.29, 1.82) is 0 Å². The van der Waals surface area contributed by atoms with Crippen LogP contribution in [0.5, 0.6) is 0 Å². The molecule has 3 fully saturated rings. The summed E-state index contributed by atoms with van der Waals surface area (Å²) in [6, 6.07) is 1.53. The Morgan fingerprint density at radius 3 is 2.76 bits per heavy atom. The minimum atomic E-state index is 0.762. The first kappa shape index (κ1) is 13.6. The van der Waals surface area contributed by atoms with E-state index in [1.807, 2.05) is 0 Å². The van der Waals surface area contributed by atoms with Crippen molar-refractivity contribution in [3.8, 4) is 0 Å². The molecule has 2 saturated carbocycles. The quantitative estimate of drug-likeness (QED) is 0.925. The van der Waals surface area contributed by atoms with Gasteiger partial charge in [0.05, 0.1) is 5.69 Å². The summed E-state index contributed by atoms with van der Waals surface area (Å²) in [6.45, 7) is 4.38. The second-order valence-corrected chi connectivity index (χ2v) is 7.26. The number of hydrogen-bond acceptors (Lipinski definition) is 3. The lowest BCUT2D eigenvalue weighted by Gasteiger charge is -2.39. The predicted molar refractivity (Wildman–Crippen MR) is 85.5 cm³/mol. The van der Waals surface area contributed by atoms with Crippen LogP contribution in [0.2, 0.25) is 0 Å². The zero-order valence-electron chi connectivity index (χ0n) is 13.4. The molecule has 4 rings (SSSR count). The van der Waals surface area contributed by atoms with Crippen molar-refractivity contribution in [3.05, 3.63) is 11.3 Å². The lowest BCUT2D eigenvalue weighted by Crippen LogP contribution is -2.44. The number of nitrogens with one attached hydrogen (secondary N) is 1. The van der Waals surface area contributed by atoms with Gasteiger partial charge in [-0.05, 0) is 51.4 Å². The molecule has 1 aromatic rings. The molecule has 0 bridgehead atoms. The maximum Gasteiger partial charge on any atom is 0.131 e.